The molecule has 4 rings (SSSR count). The van der Waals surface area contributed by atoms with Gasteiger partial charge in [0.1, 0.15) is 0 Å². The summed E-state index contributed by atoms with van der Waals surface area (Å²) in [5.74, 6) is -1.05. The number of piperidine rings is 1. The molecule has 168 valence electrons. The van der Waals surface area contributed by atoms with Crippen molar-refractivity contribution in [2.45, 2.75) is 12.8 Å². The van der Waals surface area contributed by atoms with Gasteiger partial charge in [-0.05, 0) is 43.2 Å². The summed E-state index contributed by atoms with van der Waals surface area (Å²) in [5.41, 5.74) is 7.93. The third-order valence-corrected chi connectivity index (χ3v) is 5.65. The van der Waals surface area contributed by atoms with Crippen molar-refractivity contribution in [2.75, 3.05) is 18.4 Å². The van der Waals surface area contributed by atoms with Crippen LogP contribution >= 0.6 is 0 Å². The average Bonchev–Trinajstić information content (AvgIpc) is 3.32. The number of rotatable bonds is 6. The van der Waals surface area contributed by atoms with E-state index in [9.17, 15) is 14.4 Å². The highest BCUT2D eigenvalue weighted by Crippen LogP contribution is 2.22. The van der Waals surface area contributed by atoms with Crippen LogP contribution in [0.4, 0.5) is 5.69 Å². The molecule has 0 atom stereocenters. The molecule has 1 fully saturated rings. The number of aromatic nitrogens is 2. The van der Waals surface area contributed by atoms with E-state index in [1.54, 1.807) is 46.1 Å². The number of likely N-dealkylation sites (tertiary alicyclic amines) is 1. The average molecular weight is 444 g/mol. The summed E-state index contributed by atoms with van der Waals surface area (Å²) in [6, 6.07) is 16.6. The van der Waals surface area contributed by atoms with Gasteiger partial charge in [0.15, 0.2) is 0 Å². The number of anilines is 1. The second-order valence-corrected chi connectivity index (χ2v) is 7.89. The molecule has 1 saturated heterocycles. The van der Waals surface area contributed by atoms with Crippen LogP contribution < -0.4 is 11.1 Å². The van der Waals surface area contributed by atoms with Crippen molar-refractivity contribution in [3.63, 3.8) is 0 Å². The molecule has 0 unspecified atom stereocenters. The van der Waals surface area contributed by atoms with Crippen LogP contribution in [0.2, 0.25) is 0 Å². The van der Waals surface area contributed by atoms with Crippen LogP contribution in [-0.2, 0) is 9.59 Å². The lowest BCUT2D eigenvalue weighted by Crippen LogP contribution is -2.42. The Hall–Kier alpha value is -4.20. The molecule has 3 amide bonds. The van der Waals surface area contributed by atoms with Gasteiger partial charge in [-0.15, -0.1) is 0 Å². The number of hydrogen-bond donors (Lipinski definition) is 2. The van der Waals surface area contributed by atoms with Crippen LogP contribution in [0.3, 0.4) is 0 Å². The van der Waals surface area contributed by atoms with E-state index >= 15 is 0 Å². The zero-order valence-corrected chi connectivity index (χ0v) is 18.1. The summed E-state index contributed by atoms with van der Waals surface area (Å²) in [5, 5.41) is 7.10. The number of nitrogens with two attached hydrogens (primary N) is 1. The number of primary amides is 1. The van der Waals surface area contributed by atoms with Gasteiger partial charge in [0.05, 0.1) is 23.1 Å². The Kier molecular flexibility index (Phi) is 6.64. The van der Waals surface area contributed by atoms with E-state index in [-0.39, 0.29) is 23.6 Å². The van der Waals surface area contributed by atoms with Crippen molar-refractivity contribution in [3.8, 4) is 5.69 Å². The maximum Gasteiger partial charge on any atom is 0.255 e. The van der Waals surface area contributed by atoms with Crippen molar-refractivity contribution < 1.29 is 14.4 Å². The van der Waals surface area contributed by atoms with Crippen molar-refractivity contribution in [1.29, 1.82) is 0 Å². The molecular weight excluding hydrogens is 418 g/mol. The maximum atomic E-state index is 13.0. The molecule has 1 aromatic heterocycles. The van der Waals surface area contributed by atoms with Gasteiger partial charge >= 0.3 is 0 Å². The number of nitrogens with zero attached hydrogens (tertiary/aromatic N) is 3. The molecule has 1 aliphatic heterocycles. The molecule has 0 bridgehead atoms. The molecule has 3 aromatic rings. The highest BCUT2D eigenvalue weighted by Gasteiger charge is 2.27. The monoisotopic (exact) mass is 443 g/mol. The molecule has 33 heavy (non-hydrogen) atoms. The normalized spacial score (nSPS) is 14.4. The third-order valence-electron chi connectivity index (χ3n) is 5.65. The van der Waals surface area contributed by atoms with Gasteiger partial charge in [-0.1, -0.05) is 30.3 Å². The van der Waals surface area contributed by atoms with E-state index in [0.29, 0.717) is 37.2 Å². The van der Waals surface area contributed by atoms with Crippen LogP contribution in [0.1, 0.15) is 28.8 Å². The molecule has 2 heterocycles. The van der Waals surface area contributed by atoms with Crippen LogP contribution in [0.25, 0.3) is 11.8 Å². The van der Waals surface area contributed by atoms with Crippen molar-refractivity contribution in [2.24, 2.45) is 11.7 Å². The number of benzene rings is 2. The highest BCUT2D eigenvalue weighted by atomic mass is 16.2. The largest absolute Gasteiger partial charge is 0.369 e. The van der Waals surface area contributed by atoms with Crippen molar-refractivity contribution in [3.05, 3.63) is 84.2 Å². The SMILES string of the molecule is NC(=O)C1CCN(C(=O)c2ccccc2NC(=O)/C=C/c2cnn(-c3ccccc3)c2)CC1. The predicted molar refractivity (Wildman–Crippen MR) is 125 cm³/mol. The van der Waals surface area contributed by atoms with Gasteiger partial charge in [0.2, 0.25) is 11.8 Å². The fourth-order valence-electron chi connectivity index (χ4n) is 3.81. The summed E-state index contributed by atoms with van der Waals surface area (Å²) < 4.78 is 1.73. The minimum Gasteiger partial charge on any atom is -0.369 e. The fraction of sp³-hybridized carbons (Fsp3) is 0.200. The molecule has 0 saturated carbocycles. The zero-order valence-electron chi connectivity index (χ0n) is 18.1. The van der Waals surface area contributed by atoms with Crippen LogP contribution in [0.5, 0.6) is 0 Å². The van der Waals surface area contributed by atoms with Crippen LogP contribution in [-0.4, -0.2) is 45.5 Å². The number of carbonyl (C=O) groups excluding carboxylic acids is 3. The smallest absolute Gasteiger partial charge is 0.255 e. The van der Waals surface area contributed by atoms with Gasteiger partial charge in [-0.25, -0.2) is 4.68 Å². The van der Waals surface area contributed by atoms with Crippen molar-refractivity contribution >= 4 is 29.5 Å². The zero-order chi connectivity index (χ0) is 23.2. The summed E-state index contributed by atoms with van der Waals surface area (Å²) in [6.07, 6.45) is 7.67. The second kappa shape index (κ2) is 9.95. The van der Waals surface area contributed by atoms with Gasteiger partial charge in [-0.3, -0.25) is 14.4 Å². The fourth-order valence-corrected chi connectivity index (χ4v) is 3.81. The van der Waals surface area contributed by atoms with Gasteiger partial charge < -0.3 is 16.0 Å². The number of nitrogens with one attached hydrogen (secondary N) is 1. The Bertz CT molecular complexity index is 1180. The number of amides is 3. The molecule has 8 nitrogen and oxygen atoms in total. The van der Waals surface area contributed by atoms with E-state index in [2.05, 4.69) is 10.4 Å². The van der Waals surface area contributed by atoms with Crippen LogP contribution in [0.15, 0.2) is 73.1 Å². The van der Waals surface area contributed by atoms with E-state index in [1.807, 2.05) is 36.5 Å². The number of carbonyl (C=O) groups is 3. The Labute approximate surface area is 191 Å². The first-order chi connectivity index (χ1) is 16.0. The number of para-hydroxylation sites is 2. The highest BCUT2D eigenvalue weighted by molar-refractivity contribution is 6.07. The minimum atomic E-state index is -0.352. The van der Waals surface area contributed by atoms with Crippen molar-refractivity contribution in [1.82, 2.24) is 14.7 Å². The van der Waals surface area contributed by atoms with E-state index < -0.39 is 0 Å². The number of hydrogen-bond acceptors (Lipinski definition) is 4. The molecule has 2 aromatic carbocycles. The van der Waals surface area contributed by atoms with Crippen LogP contribution in [0, 0.1) is 5.92 Å². The Balaban J connectivity index is 1.40. The second-order valence-electron chi connectivity index (χ2n) is 7.89. The predicted octanol–water partition coefficient (Wildman–Crippen LogP) is 2.86. The lowest BCUT2D eigenvalue weighted by molar-refractivity contribution is -0.123. The standard InChI is InChI=1S/C25H25N5O3/c26-24(32)19-12-14-29(15-13-19)25(33)21-8-4-5-9-22(21)28-23(31)11-10-18-16-27-30(17-18)20-6-2-1-3-7-20/h1-11,16-17,19H,12-15H2,(H2,26,32)(H,28,31)/b11-10+. The Morgan fingerprint density at radius 2 is 1.70 bits per heavy atom. The molecule has 0 aliphatic carbocycles. The summed E-state index contributed by atoms with van der Waals surface area (Å²) >= 11 is 0. The summed E-state index contributed by atoms with van der Waals surface area (Å²) in [4.78, 5) is 38.6. The maximum absolute atomic E-state index is 13.0. The molecule has 8 heteroatoms. The van der Waals surface area contributed by atoms with E-state index in [4.69, 9.17) is 5.73 Å². The van der Waals surface area contributed by atoms with Gasteiger partial charge in [0, 0.05) is 36.8 Å². The third kappa shape index (κ3) is 5.35. The van der Waals surface area contributed by atoms with E-state index in [1.165, 1.54) is 6.08 Å². The first kappa shape index (κ1) is 22.0. The minimum absolute atomic E-state index is 0.179. The molecule has 0 spiro atoms. The van der Waals surface area contributed by atoms with Gasteiger partial charge in [0.25, 0.3) is 5.91 Å². The molecule has 3 N–H and O–H groups in total. The molecular formula is C25H25N5O3. The molecule has 1 aliphatic rings. The summed E-state index contributed by atoms with van der Waals surface area (Å²) in [6.45, 7) is 0.917. The first-order valence-corrected chi connectivity index (χ1v) is 10.8. The topological polar surface area (TPSA) is 110 Å². The van der Waals surface area contributed by atoms with E-state index in [0.717, 1.165) is 11.3 Å². The summed E-state index contributed by atoms with van der Waals surface area (Å²) in [7, 11) is 0. The first-order valence-electron chi connectivity index (χ1n) is 10.8. The Morgan fingerprint density at radius 3 is 2.42 bits per heavy atom. The Morgan fingerprint density at radius 1 is 1.00 bits per heavy atom. The lowest BCUT2D eigenvalue weighted by atomic mass is 9.95. The quantitative estimate of drug-likeness (QED) is 0.571. The van der Waals surface area contributed by atoms with Gasteiger partial charge in [-0.2, -0.15) is 5.10 Å². The molecule has 0 radical (unpaired) electrons. The lowest BCUT2D eigenvalue weighted by Gasteiger charge is -2.31.